The van der Waals surface area contributed by atoms with Crippen LogP contribution in [-0.2, 0) is 0 Å². The molecule has 1 amide bonds. The van der Waals surface area contributed by atoms with Gasteiger partial charge < -0.3 is 9.80 Å². The molecule has 0 unspecified atom stereocenters. The second-order valence-electron chi connectivity index (χ2n) is 4.85. The molecule has 6 heteroatoms. The molecular formula is C15H14Cl2N2OS. The van der Waals surface area contributed by atoms with Crippen LogP contribution >= 0.6 is 34.5 Å². The van der Waals surface area contributed by atoms with Gasteiger partial charge in [-0.15, -0.1) is 11.3 Å². The molecule has 3 nitrogen and oxygen atoms in total. The second-order valence-corrected chi connectivity index (χ2v) is 6.62. The lowest BCUT2D eigenvalue weighted by Gasteiger charge is -2.36. The SMILES string of the molecule is O=C(c1cccs1)N1CCN(c2ccc(Cl)c(Cl)c2)CC1. The molecule has 1 saturated heterocycles. The van der Waals surface area contributed by atoms with Crippen LogP contribution in [0, 0.1) is 0 Å². The first-order valence-electron chi connectivity index (χ1n) is 6.68. The van der Waals surface area contributed by atoms with Crippen molar-refractivity contribution >= 4 is 46.1 Å². The number of piperazine rings is 1. The van der Waals surface area contributed by atoms with E-state index in [0.717, 1.165) is 36.7 Å². The van der Waals surface area contributed by atoms with Gasteiger partial charge in [0.1, 0.15) is 0 Å². The molecule has 1 fully saturated rings. The Morgan fingerprint density at radius 2 is 1.81 bits per heavy atom. The molecular weight excluding hydrogens is 327 g/mol. The normalized spacial score (nSPS) is 15.3. The van der Waals surface area contributed by atoms with Crippen molar-refractivity contribution in [1.82, 2.24) is 4.90 Å². The lowest BCUT2D eigenvalue weighted by Crippen LogP contribution is -2.48. The van der Waals surface area contributed by atoms with E-state index in [2.05, 4.69) is 4.90 Å². The summed E-state index contributed by atoms with van der Waals surface area (Å²) in [5.74, 6) is 0.124. The fourth-order valence-electron chi connectivity index (χ4n) is 2.41. The summed E-state index contributed by atoms with van der Waals surface area (Å²) in [7, 11) is 0. The van der Waals surface area contributed by atoms with Crippen molar-refractivity contribution < 1.29 is 4.79 Å². The third-order valence-corrected chi connectivity index (χ3v) is 5.16. The maximum atomic E-state index is 12.3. The summed E-state index contributed by atoms with van der Waals surface area (Å²) in [5, 5.41) is 3.05. The summed E-state index contributed by atoms with van der Waals surface area (Å²) in [5.41, 5.74) is 1.05. The average Bonchev–Trinajstić information content (AvgIpc) is 3.04. The number of benzene rings is 1. The summed E-state index contributed by atoms with van der Waals surface area (Å²) >= 11 is 13.5. The molecule has 21 heavy (non-hydrogen) atoms. The molecule has 0 N–H and O–H groups in total. The van der Waals surface area contributed by atoms with Gasteiger partial charge in [-0.2, -0.15) is 0 Å². The van der Waals surface area contributed by atoms with Crippen LogP contribution < -0.4 is 4.90 Å². The number of carbonyl (C=O) groups excluding carboxylic acids is 1. The first kappa shape index (κ1) is 14.7. The van der Waals surface area contributed by atoms with Crippen LogP contribution in [0.4, 0.5) is 5.69 Å². The summed E-state index contributed by atoms with van der Waals surface area (Å²) < 4.78 is 0. The zero-order valence-electron chi connectivity index (χ0n) is 11.3. The van der Waals surface area contributed by atoms with Crippen LogP contribution in [0.25, 0.3) is 0 Å². The van der Waals surface area contributed by atoms with Gasteiger partial charge in [0.2, 0.25) is 0 Å². The molecule has 1 aliphatic heterocycles. The Bertz CT molecular complexity index is 637. The van der Waals surface area contributed by atoms with Crippen LogP contribution in [-0.4, -0.2) is 37.0 Å². The monoisotopic (exact) mass is 340 g/mol. The maximum absolute atomic E-state index is 12.3. The minimum absolute atomic E-state index is 0.124. The van der Waals surface area contributed by atoms with E-state index in [-0.39, 0.29) is 5.91 Å². The van der Waals surface area contributed by atoms with Crippen LogP contribution in [0.15, 0.2) is 35.7 Å². The highest BCUT2D eigenvalue weighted by atomic mass is 35.5. The van der Waals surface area contributed by atoms with E-state index in [9.17, 15) is 4.79 Å². The summed E-state index contributed by atoms with van der Waals surface area (Å²) in [6.07, 6.45) is 0. The summed E-state index contributed by atoms with van der Waals surface area (Å²) in [4.78, 5) is 17.2. The van der Waals surface area contributed by atoms with Gasteiger partial charge in [0.05, 0.1) is 14.9 Å². The number of nitrogens with zero attached hydrogens (tertiary/aromatic N) is 2. The van der Waals surface area contributed by atoms with Gasteiger partial charge in [-0.05, 0) is 29.6 Å². The Morgan fingerprint density at radius 3 is 2.43 bits per heavy atom. The minimum Gasteiger partial charge on any atom is -0.368 e. The zero-order chi connectivity index (χ0) is 14.8. The molecule has 0 spiro atoms. The van der Waals surface area contributed by atoms with Crippen molar-refractivity contribution in [3.8, 4) is 0 Å². The minimum atomic E-state index is 0.124. The number of anilines is 1. The Morgan fingerprint density at radius 1 is 1.05 bits per heavy atom. The number of rotatable bonds is 2. The molecule has 1 aliphatic rings. The maximum Gasteiger partial charge on any atom is 0.264 e. The third-order valence-electron chi connectivity index (χ3n) is 3.57. The van der Waals surface area contributed by atoms with Gasteiger partial charge in [-0.1, -0.05) is 29.3 Å². The van der Waals surface area contributed by atoms with E-state index in [4.69, 9.17) is 23.2 Å². The average molecular weight is 341 g/mol. The Labute approximate surface area is 137 Å². The quantitative estimate of drug-likeness (QED) is 0.824. The third kappa shape index (κ3) is 3.18. The Balaban J connectivity index is 1.65. The fraction of sp³-hybridized carbons (Fsp3) is 0.267. The predicted octanol–water partition coefficient (Wildman–Crippen LogP) is 4.02. The van der Waals surface area contributed by atoms with Crippen molar-refractivity contribution in [2.45, 2.75) is 0 Å². The van der Waals surface area contributed by atoms with Crippen LogP contribution in [0.1, 0.15) is 9.67 Å². The highest BCUT2D eigenvalue weighted by Crippen LogP contribution is 2.28. The first-order valence-corrected chi connectivity index (χ1v) is 8.31. The van der Waals surface area contributed by atoms with E-state index in [1.807, 2.05) is 40.6 Å². The highest BCUT2D eigenvalue weighted by Gasteiger charge is 2.23. The van der Waals surface area contributed by atoms with Crippen LogP contribution in [0.5, 0.6) is 0 Å². The topological polar surface area (TPSA) is 23.6 Å². The van der Waals surface area contributed by atoms with Crippen molar-refractivity contribution in [2.75, 3.05) is 31.1 Å². The van der Waals surface area contributed by atoms with E-state index < -0.39 is 0 Å². The van der Waals surface area contributed by atoms with Crippen LogP contribution in [0.3, 0.4) is 0 Å². The van der Waals surface area contributed by atoms with E-state index in [1.54, 1.807) is 0 Å². The zero-order valence-corrected chi connectivity index (χ0v) is 13.6. The molecule has 1 aromatic carbocycles. The molecule has 2 heterocycles. The largest absolute Gasteiger partial charge is 0.368 e. The van der Waals surface area contributed by atoms with Crippen LogP contribution in [0.2, 0.25) is 10.0 Å². The number of hydrogen-bond acceptors (Lipinski definition) is 3. The molecule has 0 saturated carbocycles. The smallest absolute Gasteiger partial charge is 0.264 e. The van der Waals surface area contributed by atoms with E-state index in [0.29, 0.717) is 10.0 Å². The number of halogens is 2. The molecule has 0 atom stereocenters. The van der Waals surface area contributed by atoms with Gasteiger partial charge >= 0.3 is 0 Å². The van der Waals surface area contributed by atoms with Gasteiger partial charge in [-0.3, -0.25) is 4.79 Å². The van der Waals surface area contributed by atoms with E-state index >= 15 is 0 Å². The van der Waals surface area contributed by atoms with Gasteiger partial charge in [0, 0.05) is 31.9 Å². The molecule has 2 aromatic rings. The van der Waals surface area contributed by atoms with E-state index in [1.165, 1.54) is 11.3 Å². The highest BCUT2D eigenvalue weighted by molar-refractivity contribution is 7.12. The number of hydrogen-bond donors (Lipinski definition) is 0. The summed E-state index contributed by atoms with van der Waals surface area (Å²) in [6, 6.07) is 9.43. The lowest BCUT2D eigenvalue weighted by atomic mass is 10.2. The van der Waals surface area contributed by atoms with Crippen molar-refractivity contribution in [3.05, 3.63) is 50.6 Å². The second kappa shape index (κ2) is 6.26. The van der Waals surface area contributed by atoms with Gasteiger partial charge in [-0.25, -0.2) is 0 Å². The number of carbonyl (C=O) groups is 1. The number of thiophene rings is 1. The number of amides is 1. The van der Waals surface area contributed by atoms with Crippen molar-refractivity contribution in [3.63, 3.8) is 0 Å². The molecule has 0 aliphatic carbocycles. The lowest BCUT2D eigenvalue weighted by molar-refractivity contribution is 0.0751. The molecule has 3 rings (SSSR count). The molecule has 110 valence electrons. The van der Waals surface area contributed by atoms with Crippen molar-refractivity contribution in [2.24, 2.45) is 0 Å². The molecule has 0 bridgehead atoms. The molecule has 1 aromatic heterocycles. The Kier molecular flexibility index (Phi) is 4.38. The Hall–Kier alpha value is -1.23. The first-order chi connectivity index (χ1) is 10.1. The fourth-order valence-corrected chi connectivity index (χ4v) is 3.39. The van der Waals surface area contributed by atoms with Gasteiger partial charge in [0.25, 0.3) is 5.91 Å². The van der Waals surface area contributed by atoms with Gasteiger partial charge in [0.15, 0.2) is 0 Å². The molecule has 0 radical (unpaired) electrons. The standard InChI is InChI=1S/C15H14Cl2N2OS/c16-12-4-3-11(10-13(12)17)18-5-7-19(8-6-18)15(20)14-2-1-9-21-14/h1-4,9-10H,5-8H2. The summed E-state index contributed by atoms with van der Waals surface area (Å²) in [6.45, 7) is 3.04. The van der Waals surface area contributed by atoms with Crippen molar-refractivity contribution in [1.29, 1.82) is 0 Å². The predicted molar refractivity (Wildman–Crippen MR) is 88.9 cm³/mol.